The van der Waals surface area contributed by atoms with Gasteiger partial charge in [-0.25, -0.2) is 0 Å². The summed E-state index contributed by atoms with van der Waals surface area (Å²) in [5, 5.41) is 2.90. The van der Waals surface area contributed by atoms with Crippen molar-refractivity contribution in [3.63, 3.8) is 0 Å². The first kappa shape index (κ1) is 47.1. The summed E-state index contributed by atoms with van der Waals surface area (Å²) in [4.78, 5) is 0. The second kappa shape index (κ2) is 18.9. The second-order valence-corrected chi connectivity index (χ2v) is 42.8. The van der Waals surface area contributed by atoms with E-state index < -0.39 is 25.9 Å². The van der Waals surface area contributed by atoms with Gasteiger partial charge in [0.15, 0.2) is 0 Å². The predicted octanol–water partition coefficient (Wildman–Crippen LogP) is 17.5. The number of rotatable bonds is 11. The maximum atomic E-state index is 9.64. The van der Waals surface area contributed by atoms with E-state index >= 15 is 0 Å². The molecule has 10 aromatic rings. The van der Waals surface area contributed by atoms with Gasteiger partial charge < -0.3 is 0 Å². The molecule has 2 unspecified atom stereocenters. The quantitative estimate of drug-likeness (QED) is 0.113. The van der Waals surface area contributed by atoms with Gasteiger partial charge in [0, 0.05) is 0 Å². The predicted molar refractivity (Wildman–Crippen MR) is 319 cm³/mol. The number of fused-ring (bicyclic) bond motifs is 5. The van der Waals surface area contributed by atoms with Crippen molar-refractivity contribution in [1.82, 2.24) is 0 Å². The summed E-state index contributed by atoms with van der Waals surface area (Å²) < 4.78 is 0.827. The van der Waals surface area contributed by atoms with Crippen LogP contribution in [0, 0.1) is 0 Å². The summed E-state index contributed by atoms with van der Waals surface area (Å²) in [6, 6.07) is 87.2. The molecule has 1 aliphatic heterocycles. The Balaban J connectivity index is 1.13. The van der Waals surface area contributed by atoms with Crippen molar-refractivity contribution in [3.8, 4) is 77.9 Å². The average Bonchev–Trinajstić information content (AvgIpc) is 4.22. The molecule has 357 valence electrons. The number of allylic oxidation sites excluding steroid dienone is 2. The van der Waals surface area contributed by atoms with E-state index in [4.69, 9.17) is 0 Å². The molecule has 0 saturated carbocycles. The fourth-order valence-electron chi connectivity index (χ4n) is 13.4. The molecule has 0 amide bonds. The van der Waals surface area contributed by atoms with Crippen molar-refractivity contribution in [1.29, 1.82) is 0 Å². The molecule has 2 atom stereocenters. The first-order valence-electron chi connectivity index (χ1n) is 26.3. The summed E-state index contributed by atoms with van der Waals surface area (Å²) in [5.41, 5.74) is 24.8. The molecule has 74 heavy (non-hydrogen) atoms. The van der Waals surface area contributed by atoms with Gasteiger partial charge in [0.1, 0.15) is 0 Å². The van der Waals surface area contributed by atoms with Gasteiger partial charge in [-0.1, -0.05) is 0 Å². The Morgan fingerprint density at radius 2 is 0.716 bits per heavy atom. The Morgan fingerprint density at radius 1 is 0.351 bits per heavy atom. The monoisotopic (exact) mass is 1080 g/mol. The van der Waals surface area contributed by atoms with Gasteiger partial charge in [-0.05, 0) is 0 Å². The molecule has 0 saturated heterocycles. The van der Waals surface area contributed by atoms with Crippen molar-refractivity contribution in [3.05, 3.63) is 270 Å². The molecule has 0 radical (unpaired) electrons. The molecule has 0 bridgehead atoms. The van der Waals surface area contributed by atoms with E-state index in [0.29, 0.717) is 0 Å². The maximum absolute atomic E-state index is 9.64. The Morgan fingerprint density at radius 3 is 1.15 bits per heavy atom. The topological polar surface area (TPSA) is 0 Å². The zero-order chi connectivity index (χ0) is 50.0. The third kappa shape index (κ3) is 7.47. The Kier molecular flexibility index (Phi) is 12.1. The van der Waals surface area contributed by atoms with E-state index in [-0.39, 0.29) is 7.25 Å². The number of hydrogen-bond donors (Lipinski definition) is 0. The van der Waals surface area contributed by atoms with Gasteiger partial charge >= 0.3 is 451 Å². The number of halogens is 2. The summed E-state index contributed by atoms with van der Waals surface area (Å²) in [6.07, 6.45) is 6.71. The third-order valence-electron chi connectivity index (χ3n) is 16.6. The molecule has 3 aliphatic rings. The molecular formula is C70H55Cl2SiZr. The van der Waals surface area contributed by atoms with E-state index in [0.717, 1.165) is 12.8 Å². The van der Waals surface area contributed by atoms with Crippen LogP contribution in [0.4, 0.5) is 0 Å². The van der Waals surface area contributed by atoms with Crippen LogP contribution in [0.3, 0.4) is 0 Å². The normalized spacial score (nSPS) is 16.1. The average molecular weight is 1090 g/mol. The molecule has 10 aromatic carbocycles. The van der Waals surface area contributed by atoms with Gasteiger partial charge in [0.25, 0.3) is 0 Å². The SMILES string of the molecule is CCC1=Cc2c(ccc(-c3ccccc3)c2-c2ccccc2-c2ccccc2)[CH]1[Zr]([Cl])([Cl])([c]1cccc2c1[SiH2]c1ccccc1-2)[CH]1C(CC)=Cc2c1ccc(-c1ccccc1)c2-c1ccccc1-c1ccccc1. The van der Waals surface area contributed by atoms with Crippen molar-refractivity contribution in [2.75, 3.05) is 0 Å². The first-order valence-corrected chi connectivity index (χ1v) is 38.1. The van der Waals surface area contributed by atoms with Crippen molar-refractivity contribution in [2.45, 2.75) is 33.9 Å². The van der Waals surface area contributed by atoms with Crippen molar-refractivity contribution >= 4 is 52.3 Å². The molecule has 13 rings (SSSR count). The van der Waals surface area contributed by atoms with E-state index in [1.807, 2.05) is 0 Å². The molecule has 0 nitrogen and oxygen atoms in total. The van der Waals surface area contributed by atoms with E-state index in [1.165, 1.54) is 125 Å². The van der Waals surface area contributed by atoms with Crippen LogP contribution in [0.25, 0.3) is 90.0 Å². The molecule has 0 fully saturated rings. The molecule has 0 aromatic heterocycles. The van der Waals surface area contributed by atoms with Crippen LogP contribution in [0.2, 0.25) is 0 Å². The van der Waals surface area contributed by atoms with Gasteiger partial charge in [-0.3, -0.25) is 0 Å². The summed E-state index contributed by atoms with van der Waals surface area (Å²) in [7, 11) is 18.3. The van der Waals surface area contributed by atoms with Crippen LogP contribution in [0.1, 0.15) is 56.2 Å². The summed E-state index contributed by atoms with van der Waals surface area (Å²) in [6.45, 7) is 4.65. The van der Waals surface area contributed by atoms with Gasteiger partial charge in [0.2, 0.25) is 0 Å². The number of hydrogen-bond acceptors (Lipinski definition) is 0. The van der Waals surface area contributed by atoms with Crippen LogP contribution in [-0.2, 0) is 16.4 Å². The van der Waals surface area contributed by atoms with Gasteiger partial charge in [0.05, 0.1) is 0 Å². The molecular weight excluding hydrogens is 1030 g/mol. The number of benzene rings is 10. The fraction of sp³-hybridized carbons (Fsp3) is 0.0857. The van der Waals surface area contributed by atoms with E-state index in [9.17, 15) is 17.0 Å². The van der Waals surface area contributed by atoms with Crippen molar-refractivity contribution in [2.24, 2.45) is 0 Å². The molecule has 0 N–H and O–H groups in total. The standard InChI is InChI=1S/2C29H23.C12H9Si.2ClH.Zr/c2*1-2-21-19-24-17-18-26(23-13-7-4-8-14-23)29(28(24)20-21)27-16-10-9-15-25(27)22-11-5-3-6-12-22;1-3-7-11-9(5-1)10-6-2-4-8-12(10)13-11;;;/h2*3-20H,2H2,1H3;1-7H,13H2;2*1H;/q;;;;;+2/p-2. The van der Waals surface area contributed by atoms with Crippen LogP contribution < -0.4 is 13.6 Å². The summed E-state index contributed by atoms with van der Waals surface area (Å²) >= 11 is -5.91. The fourth-order valence-corrected chi connectivity index (χ4v) is 41.7. The Bertz CT molecular complexity index is 3670. The van der Waals surface area contributed by atoms with Crippen LogP contribution in [0.15, 0.2) is 248 Å². The second-order valence-electron chi connectivity index (χ2n) is 20.4. The Labute approximate surface area is 446 Å². The molecule has 0 spiro atoms. The molecule has 4 heteroatoms. The van der Waals surface area contributed by atoms with Crippen LogP contribution in [0.5, 0.6) is 0 Å². The molecule has 2 aliphatic carbocycles. The van der Waals surface area contributed by atoms with Crippen LogP contribution >= 0.6 is 17.0 Å². The van der Waals surface area contributed by atoms with Crippen molar-refractivity contribution < 1.29 is 16.4 Å². The van der Waals surface area contributed by atoms with Gasteiger partial charge in [-0.2, -0.15) is 0 Å². The van der Waals surface area contributed by atoms with Gasteiger partial charge in [-0.15, -0.1) is 0 Å². The molecule has 1 heterocycles. The van der Waals surface area contributed by atoms with E-state index in [2.05, 4.69) is 263 Å². The zero-order valence-electron chi connectivity index (χ0n) is 41.7. The van der Waals surface area contributed by atoms with E-state index in [1.54, 1.807) is 0 Å². The Hall–Kier alpha value is -6.64. The van der Waals surface area contributed by atoms with Crippen LogP contribution in [-0.4, -0.2) is 9.52 Å². The minimum absolute atomic E-state index is 0.212. The third-order valence-corrected chi connectivity index (χ3v) is 39.3. The summed E-state index contributed by atoms with van der Waals surface area (Å²) in [5.74, 6) is 0. The zero-order valence-corrected chi connectivity index (χ0v) is 47.1. The minimum atomic E-state index is -5.91. The first-order chi connectivity index (χ1) is 36.3.